The fourth-order valence-electron chi connectivity index (χ4n) is 2.83. The fraction of sp³-hybridized carbons (Fsp3) is 1.00. The van der Waals surface area contributed by atoms with Crippen LogP contribution in [-0.2, 0) is 20.8 Å². The third-order valence-corrected chi connectivity index (χ3v) is 6.69. The number of piperidine rings is 1. The van der Waals surface area contributed by atoms with Crippen molar-refractivity contribution in [2.45, 2.75) is 31.7 Å². The zero-order chi connectivity index (χ0) is 13.9. The molecule has 1 N–H and O–H groups in total. The predicted octanol–water partition coefficient (Wildman–Crippen LogP) is 0.159. The molecule has 112 valence electrons. The molecule has 0 aromatic carbocycles. The minimum absolute atomic E-state index is 0.413. The molecule has 0 aliphatic carbocycles. The van der Waals surface area contributed by atoms with Crippen molar-refractivity contribution >= 4 is 20.8 Å². The molecule has 0 amide bonds. The van der Waals surface area contributed by atoms with Crippen LogP contribution in [0.4, 0.5) is 0 Å². The Kier molecular flexibility index (Phi) is 5.39. The summed E-state index contributed by atoms with van der Waals surface area (Å²) in [6, 6.07) is 0.464. The third-order valence-electron chi connectivity index (χ3n) is 4.03. The van der Waals surface area contributed by atoms with Crippen molar-refractivity contribution in [1.82, 2.24) is 9.62 Å². The van der Waals surface area contributed by atoms with Crippen LogP contribution in [0.1, 0.15) is 25.7 Å². The van der Waals surface area contributed by atoms with Crippen LogP contribution >= 0.6 is 0 Å². The van der Waals surface area contributed by atoms with Gasteiger partial charge in [-0.2, -0.15) is 0 Å². The molecule has 0 radical (unpaired) electrons. The van der Waals surface area contributed by atoms with E-state index in [0.717, 1.165) is 43.7 Å². The summed E-state index contributed by atoms with van der Waals surface area (Å²) in [4.78, 5) is 0. The van der Waals surface area contributed by atoms with Crippen LogP contribution in [0, 0.1) is 5.92 Å². The van der Waals surface area contributed by atoms with E-state index in [-0.39, 0.29) is 0 Å². The minimum Gasteiger partial charge on any atom is -0.314 e. The molecule has 2 aliphatic heterocycles. The molecule has 0 saturated carbocycles. The molecule has 0 bridgehead atoms. The van der Waals surface area contributed by atoms with E-state index in [1.54, 1.807) is 4.31 Å². The highest BCUT2D eigenvalue weighted by atomic mass is 32.2. The Morgan fingerprint density at radius 2 is 1.95 bits per heavy atom. The first-order valence-corrected chi connectivity index (χ1v) is 10.3. The van der Waals surface area contributed by atoms with Crippen LogP contribution in [0.3, 0.4) is 0 Å². The zero-order valence-electron chi connectivity index (χ0n) is 11.5. The van der Waals surface area contributed by atoms with Gasteiger partial charge in [-0.05, 0) is 38.1 Å². The lowest BCUT2D eigenvalue weighted by atomic mass is 9.99. The van der Waals surface area contributed by atoms with E-state index in [0.29, 0.717) is 25.0 Å². The number of rotatable bonds is 4. The van der Waals surface area contributed by atoms with Gasteiger partial charge in [0, 0.05) is 41.4 Å². The highest BCUT2D eigenvalue weighted by molar-refractivity contribution is 7.88. The van der Waals surface area contributed by atoms with Crippen LogP contribution in [0.25, 0.3) is 0 Å². The van der Waals surface area contributed by atoms with Crippen molar-refractivity contribution in [3.05, 3.63) is 0 Å². The van der Waals surface area contributed by atoms with Crippen molar-refractivity contribution in [2.75, 3.05) is 37.4 Å². The number of hydrogen-bond acceptors (Lipinski definition) is 4. The second-order valence-electron chi connectivity index (χ2n) is 5.66. The number of nitrogens with zero attached hydrogens (tertiary/aromatic N) is 1. The fourth-order valence-corrected chi connectivity index (χ4v) is 5.07. The van der Waals surface area contributed by atoms with E-state index in [2.05, 4.69) is 5.32 Å². The molecule has 0 spiro atoms. The van der Waals surface area contributed by atoms with Crippen molar-refractivity contribution in [2.24, 2.45) is 5.92 Å². The highest BCUT2D eigenvalue weighted by Crippen LogP contribution is 2.19. The zero-order valence-corrected chi connectivity index (χ0v) is 13.1. The van der Waals surface area contributed by atoms with Gasteiger partial charge in [0.1, 0.15) is 0 Å². The van der Waals surface area contributed by atoms with Crippen molar-refractivity contribution in [3.8, 4) is 0 Å². The summed E-state index contributed by atoms with van der Waals surface area (Å²) in [7, 11) is -3.66. The second-order valence-corrected chi connectivity index (χ2v) is 9.34. The van der Waals surface area contributed by atoms with Gasteiger partial charge in [0.15, 0.2) is 0 Å². The van der Waals surface area contributed by atoms with Crippen molar-refractivity contribution in [1.29, 1.82) is 0 Å². The maximum Gasteiger partial charge on any atom is 0.211 e. The van der Waals surface area contributed by atoms with Crippen LogP contribution in [0.15, 0.2) is 0 Å². The van der Waals surface area contributed by atoms with E-state index >= 15 is 0 Å². The summed E-state index contributed by atoms with van der Waals surface area (Å²) in [6.45, 7) is 2.19. The largest absolute Gasteiger partial charge is 0.314 e. The summed E-state index contributed by atoms with van der Waals surface area (Å²) in [5.74, 6) is 2.02. The van der Waals surface area contributed by atoms with Crippen molar-refractivity contribution in [3.63, 3.8) is 0 Å². The number of hydrogen-bond donors (Lipinski definition) is 1. The summed E-state index contributed by atoms with van der Waals surface area (Å²) < 4.78 is 36.0. The molecule has 2 fully saturated rings. The first-order chi connectivity index (χ1) is 8.95. The van der Waals surface area contributed by atoms with Gasteiger partial charge >= 0.3 is 0 Å². The van der Waals surface area contributed by atoms with Crippen LogP contribution in [0.2, 0.25) is 0 Å². The van der Waals surface area contributed by atoms with Crippen LogP contribution < -0.4 is 5.32 Å². The Labute approximate surface area is 118 Å². The monoisotopic (exact) mass is 308 g/mol. The SMILES string of the molecule is CS(=O)(=O)N1CCCC(CNC2CCS(=O)CC2)C1. The Balaban J connectivity index is 1.75. The highest BCUT2D eigenvalue weighted by Gasteiger charge is 2.26. The standard InChI is InChI=1S/C12H24N2O3S2/c1-19(16,17)14-6-2-3-11(10-14)9-13-12-4-7-18(15)8-5-12/h11-13H,2-10H2,1H3. The first kappa shape index (κ1) is 15.4. The molecular weight excluding hydrogens is 284 g/mol. The molecule has 7 heteroatoms. The van der Waals surface area contributed by atoms with E-state index in [1.807, 2.05) is 0 Å². The summed E-state index contributed by atoms with van der Waals surface area (Å²) in [5, 5.41) is 3.53. The normalized spacial score (nSPS) is 34.3. The molecule has 2 saturated heterocycles. The molecule has 2 aliphatic rings. The molecule has 1 unspecified atom stereocenters. The molecule has 1 atom stereocenters. The van der Waals surface area contributed by atoms with E-state index in [4.69, 9.17) is 0 Å². The Morgan fingerprint density at radius 3 is 2.58 bits per heavy atom. The molecule has 2 heterocycles. The molecule has 0 aromatic rings. The van der Waals surface area contributed by atoms with Gasteiger partial charge in [-0.3, -0.25) is 4.21 Å². The van der Waals surface area contributed by atoms with E-state index in [9.17, 15) is 12.6 Å². The quantitative estimate of drug-likeness (QED) is 0.803. The Hall–Kier alpha value is 0.0200. The summed E-state index contributed by atoms with van der Waals surface area (Å²) >= 11 is 0. The number of sulfonamides is 1. The molecule has 19 heavy (non-hydrogen) atoms. The van der Waals surface area contributed by atoms with Gasteiger partial charge in [0.05, 0.1) is 6.26 Å². The van der Waals surface area contributed by atoms with Gasteiger partial charge in [-0.1, -0.05) is 0 Å². The topological polar surface area (TPSA) is 66.5 Å². The lowest BCUT2D eigenvalue weighted by Gasteiger charge is -2.32. The molecule has 0 aromatic heterocycles. The maximum absolute atomic E-state index is 11.5. The lowest BCUT2D eigenvalue weighted by molar-refractivity contribution is 0.253. The average molecular weight is 308 g/mol. The maximum atomic E-state index is 11.5. The van der Waals surface area contributed by atoms with Crippen LogP contribution in [0.5, 0.6) is 0 Å². The Bertz CT molecular complexity index is 415. The first-order valence-electron chi connectivity index (χ1n) is 6.98. The second kappa shape index (κ2) is 6.65. The van der Waals surface area contributed by atoms with E-state index < -0.39 is 20.8 Å². The summed E-state index contributed by atoms with van der Waals surface area (Å²) in [6.07, 6.45) is 5.30. The van der Waals surface area contributed by atoms with Gasteiger partial charge in [0.2, 0.25) is 10.0 Å². The minimum atomic E-state index is -3.04. The lowest BCUT2D eigenvalue weighted by Crippen LogP contribution is -2.45. The van der Waals surface area contributed by atoms with Gasteiger partial charge in [-0.15, -0.1) is 0 Å². The number of nitrogens with one attached hydrogen (secondary N) is 1. The van der Waals surface area contributed by atoms with Gasteiger partial charge in [-0.25, -0.2) is 12.7 Å². The van der Waals surface area contributed by atoms with Gasteiger partial charge in [0.25, 0.3) is 0 Å². The molecule has 2 rings (SSSR count). The molecular formula is C12H24N2O3S2. The average Bonchev–Trinajstić information content (AvgIpc) is 2.37. The predicted molar refractivity (Wildman–Crippen MR) is 78.0 cm³/mol. The summed E-state index contributed by atoms with van der Waals surface area (Å²) in [5.41, 5.74) is 0. The van der Waals surface area contributed by atoms with Crippen LogP contribution in [-0.4, -0.2) is 60.4 Å². The van der Waals surface area contributed by atoms with Crippen molar-refractivity contribution < 1.29 is 12.6 Å². The van der Waals surface area contributed by atoms with E-state index in [1.165, 1.54) is 6.26 Å². The smallest absolute Gasteiger partial charge is 0.211 e. The molecule has 5 nitrogen and oxygen atoms in total. The van der Waals surface area contributed by atoms with Gasteiger partial charge < -0.3 is 5.32 Å². The Morgan fingerprint density at radius 1 is 1.26 bits per heavy atom. The third kappa shape index (κ3) is 4.81.